The van der Waals surface area contributed by atoms with Crippen LogP contribution in [0.15, 0.2) is 59.6 Å². The second kappa shape index (κ2) is 11.7. The Kier molecular flexibility index (Phi) is 8.79. The van der Waals surface area contributed by atoms with Crippen LogP contribution in [0.2, 0.25) is 0 Å². The molecule has 2 heterocycles. The van der Waals surface area contributed by atoms with E-state index in [0.717, 1.165) is 31.5 Å². The number of hydrogen-bond donors (Lipinski definition) is 2. The Labute approximate surface area is 227 Å². The number of aromatic nitrogens is 2. The summed E-state index contributed by atoms with van der Waals surface area (Å²) < 4.78 is 66.2. The molecule has 1 aliphatic heterocycles. The van der Waals surface area contributed by atoms with Crippen molar-refractivity contribution in [2.45, 2.75) is 35.2 Å². The number of amides is 1. The number of nitrogens with zero attached hydrogens (tertiary/aromatic N) is 2. The Morgan fingerprint density at radius 2 is 1.97 bits per heavy atom. The third kappa shape index (κ3) is 7.02. The molecule has 1 saturated heterocycles. The van der Waals surface area contributed by atoms with E-state index < -0.39 is 39.3 Å². The minimum absolute atomic E-state index is 0.0239. The molecule has 2 aromatic carbocycles. The molecule has 37 heavy (non-hydrogen) atoms. The van der Waals surface area contributed by atoms with Crippen molar-refractivity contribution in [3.8, 4) is 11.3 Å². The predicted octanol–water partition coefficient (Wildman–Crippen LogP) is 1.23. The molecule has 0 saturated carbocycles. The van der Waals surface area contributed by atoms with Crippen LogP contribution in [-0.4, -0.2) is 74.9 Å². The second-order valence-electron chi connectivity index (χ2n) is 8.52. The first kappa shape index (κ1) is 27.8. The van der Waals surface area contributed by atoms with Crippen molar-refractivity contribution in [2.24, 2.45) is 0 Å². The fourth-order valence-corrected chi connectivity index (χ4v) is 10.6. The molecule has 4 rings (SSSR count). The van der Waals surface area contributed by atoms with Crippen LogP contribution in [0.3, 0.4) is 0 Å². The van der Waals surface area contributed by atoms with Crippen LogP contribution < -0.4 is 15.1 Å². The molecule has 13 heteroatoms. The zero-order valence-electron chi connectivity index (χ0n) is 19.5. The third-order valence-electron chi connectivity index (χ3n) is 5.82. The summed E-state index contributed by atoms with van der Waals surface area (Å²) in [4.78, 5) is 21.1. The molecule has 1 amide bonds. The summed E-state index contributed by atoms with van der Waals surface area (Å²) in [6, 6.07) is 11.3. The summed E-state index contributed by atoms with van der Waals surface area (Å²) in [6.07, 6.45) is -1.33. The quantitative estimate of drug-likeness (QED) is 0.372. The molecule has 196 valence electrons. The van der Waals surface area contributed by atoms with Gasteiger partial charge in [-0.2, -0.15) is 0 Å². The summed E-state index contributed by atoms with van der Waals surface area (Å²) in [5.74, 6) is -0.292. The number of piperidine rings is 1. The van der Waals surface area contributed by atoms with Gasteiger partial charge in [0.1, 0.15) is 0 Å². The van der Waals surface area contributed by atoms with E-state index in [2.05, 4.69) is 20.6 Å². The molecule has 3 atom stereocenters. The van der Waals surface area contributed by atoms with Crippen molar-refractivity contribution in [2.75, 3.05) is 13.1 Å². The van der Waals surface area contributed by atoms with Crippen molar-refractivity contribution in [3.63, 3.8) is 0 Å². The molecule has 3 aromatic rings. The van der Waals surface area contributed by atoms with E-state index in [4.69, 9.17) is 0 Å². The van der Waals surface area contributed by atoms with E-state index in [1.807, 2.05) is 0 Å². The van der Waals surface area contributed by atoms with Gasteiger partial charge in [0, 0.05) is 0 Å². The van der Waals surface area contributed by atoms with Gasteiger partial charge >= 0.3 is 228 Å². The summed E-state index contributed by atoms with van der Waals surface area (Å²) in [5, 5.41) is 6.38. The number of carbonyl (C=O) groups is 1. The third-order valence-corrected chi connectivity index (χ3v) is 13.7. The topological polar surface area (TPSA) is 101 Å². The van der Waals surface area contributed by atoms with Crippen LogP contribution in [0, 0.1) is 0 Å². The predicted molar refractivity (Wildman–Crippen MR) is 138 cm³/mol. The van der Waals surface area contributed by atoms with Crippen LogP contribution in [0.5, 0.6) is 0 Å². The zero-order valence-corrected chi connectivity index (χ0v) is 24.9. The van der Waals surface area contributed by atoms with Crippen LogP contribution in [0.1, 0.15) is 34.5 Å². The molecular formula is C24H25As2F3N4O3S. The first-order chi connectivity index (χ1) is 17.5. The second-order valence-corrected chi connectivity index (χ2v) is 17.3. The van der Waals surface area contributed by atoms with Crippen molar-refractivity contribution in [3.05, 3.63) is 71.5 Å². The van der Waals surface area contributed by atoms with Gasteiger partial charge < -0.3 is 0 Å². The SMILES string of the molecule is O=C(N[C@H]1CCCNC1)c1nc(-c2cccc(C[AsH]S(=O)(=O)c3ccccc3C(F)(F)F)c2)cnc1[AsH2]. The van der Waals surface area contributed by atoms with Crippen molar-refractivity contribution >= 4 is 49.9 Å². The van der Waals surface area contributed by atoms with Gasteiger partial charge in [0.15, 0.2) is 0 Å². The van der Waals surface area contributed by atoms with Crippen LogP contribution in [-0.2, 0) is 19.5 Å². The Morgan fingerprint density at radius 3 is 2.70 bits per heavy atom. The minimum atomic E-state index is -4.75. The summed E-state index contributed by atoms with van der Waals surface area (Å²) in [6.45, 7) is 1.63. The van der Waals surface area contributed by atoms with Crippen molar-refractivity contribution in [1.82, 2.24) is 20.6 Å². The molecule has 0 radical (unpaired) electrons. The molecule has 2 unspecified atom stereocenters. The summed E-state index contributed by atoms with van der Waals surface area (Å²) in [5.41, 5.74) is 0.870. The molecule has 1 fully saturated rings. The van der Waals surface area contributed by atoms with Gasteiger partial charge in [0.2, 0.25) is 0 Å². The van der Waals surface area contributed by atoms with Gasteiger partial charge in [-0.1, -0.05) is 0 Å². The van der Waals surface area contributed by atoms with Crippen LogP contribution in [0.25, 0.3) is 11.3 Å². The van der Waals surface area contributed by atoms with Crippen LogP contribution >= 0.6 is 0 Å². The average molecular weight is 656 g/mol. The Hall–Kier alpha value is -2.19. The fraction of sp³-hybridized carbons (Fsp3) is 0.292. The zero-order chi connectivity index (χ0) is 26.6. The molecule has 1 aromatic heterocycles. The molecular weight excluding hydrogens is 631 g/mol. The number of alkyl halides is 3. The standard InChI is InChI=1S/C24H25As2F3N4O3S/c25-22-21(23(34)32-17-7-4-10-30-13-17)33-19(14-31-22)16-6-3-5-15(11-16)12-26-37(35,36)20-9-2-1-8-18(20)24(27,28)29/h1-3,5-6,8-9,11,14,17,26,30H,4,7,10,12-13,25H2,(H,32,34)/t17-/m0/s1. The van der Waals surface area contributed by atoms with Gasteiger partial charge in [-0.15, -0.1) is 0 Å². The monoisotopic (exact) mass is 656 g/mol. The van der Waals surface area contributed by atoms with Gasteiger partial charge in [0.05, 0.1) is 0 Å². The van der Waals surface area contributed by atoms with E-state index in [-0.39, 0.29) is 22.9 Å². The average Bonchev–Trinajstić information content (AvgIpc) is 2.88. The number of nitrogens with one attached hydrogen (secondary N) is 2. The maximum absolute atomic E-state index is 13.3. The normalized spacial score (nSPS) is 16.7. The fourth-order valence-electron chi connectivity index (χ4n) is 3.97. The molecule has 0 bridgehead atoms. The Balaban J connectivity index is 1.52. The summed E-state index contributed by atoms with van der Waals surface area (Å²) >= 11 is -0.676. The molecule has 1 aliphatic rings. The van der Waals surface area contributed by atoms with E-state index in [9.17, 15) is 26.4 Å². The Bertz CT molecular complexity index is 1400. The van der Waals surface area contributed by atoms with E-state index in [1.165, 1.54) is 29.0 Å². The molecule has 0 spiro atoms. The number of halogens is 3. The van der Waals surface area contributed by atoms with Gasteiger partial charge in [-0.05, 0) is 0 Å². The van der Waals surface area contributed by atoms with Gasteiger partial charge in [0.25, 0.3) is 0 Å². The number of rotatable bonds is 7. The van der Waals surface area contributed by atoms with Crippen molar-refractivity contribution < 1.29 is 26.4 Å². The maximum atomic E-state index is 13.3. The van der Waals surface area contributed by atoms with Crippen LogP contribution in [0.4, 0.5) is 13.2 Å². The van der Waals surface area contributed by atoms with E-state index >= 15 is 0 Å². The Morgan fingerprint density at radius 1 is 1.19 bits per heavy atom. The first-order valence-corrected chi connectivity index (χ1v) is 18.2. The van der Waals surface area contributed by atoms with E-state index in [1.54, 1.807) is 30.5 Å². The first-order valence-electron chi connectivity index (χ1n) is 11.4. The van der Waals surface area contributed by atoms with Gasteiger partial charge in [-0.3, -0.25) is 0 Å². The number of benzene rings is 2. The summed E-state index contributed by atoms with van der Waals surface area (Å²) in [7, 11) is -4.07. The molecule has 0 aliphatic carbocycles. The number of hydrogen-bond acceptors (Lipinski definition) is 6. The molecule has 7 nitrogen and oxygen atoms in total. The number of carbonyl (C=O) groups excluding carboxylic acids is 1. The molecule has 2 N–H and O–H groups in total. The van der Waals surface area contributed by atoms with E-state index in [0.29, 0.717) is 27.8 Å². The van der Waals surface area contributed by atoms with Gasteiger partial charge in [-0.25, -0.2) is 0 Å². The van der Waals surface area contributed by atoms with Crippen molar-refractivity contribution in [1.29, 1.82) is 0 Å².